The van der Waals surface area contributed by atoms with Crippen LogP contribution in [-0.2, 0) is 6.18 Å². The molecule has 5 nitrogen and oxygen atoms in total. The molecule has 0 aliphatic heterocycles. The molecule has 1 atom stereocenters. The summed E-state index contributed by atoms with van der Waals surface area (Å²) in [6.07, 6.45) is -1.52. The Balaban J connectivity index is 1.57. The van der Waals surface area contributed by atoms with Crippen LogP contribution in [0.2, 0.25) is 0 Å². The molecule has 1 aliphatic rings. The molecule has 1 aliphatic carbocycles. The quantitative estimate of drug-likeness (QED) is 0.720. The Bertz CT molecular complexity index is 741. The molecule has 0 radical (unpaired) electrons. The number of benzene rings is 1. The van der Waals surface area contributed by atoms with E-state index in [1.807, 2.05) is 19.1 Å². The van der Waals surface area contributed by atoms with Crippen molar-refractivity contribution >= 4 is 28.2 Å². The summed E-state index contributed by atoms with van der Waals surface area (Å²) in [7, 11) is 0. The second-order valence-electron chi connectivity index (χ2n) is 5.89. The minimum Gasteiger partial charge on any atom is -0.355 e. The molecular formula is C16H17F3N4OS. The molecule has 25 heavy (non-hydrogen) atoms. The van der Waals surface area contributed by atoms with Crippen molar-refractivity contribution in [3.63, 3.8) is 0 Å². The standard InChI is InChI=1S/C16H17F3N4OS/c1-9(21-15-20-8-13(25-15)16(17,18)19)10-2-4-11(5-3-10)22-14(24)23-12-6-7-12/h2-5,8-9,12H,6-7H2,1H3,(H,20,21)(H2,22,23,24). The highest BCUT2D eigenvalue weighted by molar-refractivity contribution is 7.15. The van der Waals surface area contributed by atoms with Crippen LogP contribution in [0.5, 0.6) is 0 Å². The molecule has 9 heteroatoms. The number of nitrogens with zero attached hydrogens (tertiary/aromatic N) is 1. The lowest BCUT2D eigenvalue weighted by molar-refractivity contribution is -0.134. The maximum absolute atomic E-state index is 12.6. The first-order chi connectivity index (χ1) is 11.8. The number of carbonyl (C=O) groups excluding carboxylic acids is 1. The number of thiazole rings is 1. The van der Waals surface area contributed by atoms with Crippen molar-refractivity contribution in [1.82, 2.24) is 10.3 Å². The lowest BCUT2D eigenvalue weighted by atomic mass is 10.1. The lowest BCUT2D eigenvalue weighted by Crippen LogP contribution is -2.30. The van der Waals surface area contributed by atoms with Gasteiger partial charge in [-0.05, 0) is 37.5 Å². The van der Waals surface area contributed by atoms with E-state index in [4.69, 9.17) is 0 Å². The maximum Gasteiger partial charge on any atom is 0.427 e. The van der Waals surface area contributed by atoms with Gasteiger partial charge in [0.1, 0.15) is 4.88 Å². The highest BCUT2D eigenvalue weighted by Crippen LogP contribution is 2.36. The SMILES string of the molecule is CC(Nc1ncc(C(F)(F)F)s1)c1ccc(NC(=O)NC2CC2)cc1. The minimum atomic E-state index is -4.38. The molecule has 1 saturated carbocycles. The fourth-order valence-corrected chi connectivity index (χ4v) is 2.95. The van der Waals surface area contributed by atoms with Gasteiger partial charge in [-0.3, -0.25) is 0 Å². The van der Waals surface area contributed by atoms with Crippen LogP contribution in [0, 0.1) is 0 Å². The molecule has 1 aromatic carbocycles. The van der Waals surface area contributed by atoms with Crippen molar-refractivity contribution in [1.29, 1.82) is 0 Å². The van der Waals surface area contributed by atoms with E-state index < -0.39 is 11.1 Å². The molecule has 1 heterocycles. The summed E-state index contributed by atoms with van der Waals surface area (Å²) in [4.78, 5) is 14.7. The number of alkyl halides is 3. The average molecular weight is 370 g/mol. The van der Waals surface area contributed by atoms with Gasteiger partial charge in [-0.1, -0.05) is 23.5 Å². The number of anilines is 2. The third-order valence-electron chi connectivity index (χ3n) is 3.71. The van der Waals surface area contributed by atoms with E-state index in [9.17, 15) is 18.0 Å². The van der Waals surface area contributed by atoms with Crippen LogP contribution >= 0.6 is 11.3 Å². The molecule has 0 bridgehead atoms. The normalized spacial score (nSPS) is 15.5. The Labute approximate surface area is 146 Å². The highest BCUT2D eigenvalue weighted by atomic mass is 32.1. The lowest BCUT2D eigenvalue weighted by Gasteiger charge is -2.14. The van der Waals surface area contributed by atoms with Crippen molar-refractivity contribution in [2.75, 3.05) is 10.6 Å². The molecule has 0 spiro atoms. The molecule has 1 fully saturated rings. The number of aromatic nitrogens is 1. The Kier molecular flexibility index (Phi) is 4.85. The van der Waals surface area contributed by atoms with Gasteiger partial charge >= 0.3 is 12.2 Å². The van der Waals surface area contributed by atoms with Gasteiger partial charge in [0.15, 0.2) is 5.13 Å². The summed E-state index contributed by atoms with van der Waals surface area (Å²) in [5, 5.41) is 8.74. The van der Waals surface area contributed by atoms with Crippen LogP contribution in [0.4, 0.5) is 28.8 Å². The van der Waals surface area contributed by atoms with Crippen LogP contribution in [0.15, 0.2) is 30.5 Å². The fourth-order valence-electron chi connectivity index (χ4n) is 2.18. The van der Waals surface area contributed by atoms with Crippen molar-refractivity contribution in [3.05, 3.63) is 40.9 Å². The van der Waals surface area contributed by atoms with E-state index in [0.717, 1.165) is 24.6 Å². The Morgan fingerprint density at radius 1 is 1.28 bits per heavy atom. The molecule has 134 valence electrons. The van der Waals surface area contributed by atoms with E-state index in [0.29, 0.717) is 17.0 Å². The third kappa shape index (κ3) is 4.85. The maximum atomic E-state index is 12.6. The smallest absolute Gasteiger partial charge is 0.355 e. The van der Waals surface area contributed by atoms with Gasteiger partial charge in [-0.15, -0.1) is 0 Å². The van der Waals surface area contributed by atoms with E-state index in [-0.39, 0.29) is 23.2 Å². The topological polar surface area (TPSA) is 66.0 Å². The van der Waals surface area contributed by atoms with Gasteiger partial charge in [0, 0.05) is 11.7 Å². The van der Waals surface area contributed by atoms with Crippen LogP contribution in [-0.4, -0.2) is 17.1 Å². The second kappa shape index (κ2) is 6.91. The summed E-state index contributed by atoms with van der Waals surface area (Å²) in [5.74, 6) is 0. The molecule has 2 amide bonds. The predicted molar refractivity (Wildman–Crippen MR) is 90.8 cm³/mol. The second-order valence-corrected chi connectivity index (χ2v) is 6.92. The number of carbonyl (C=O) groups is 1. The van der Waals surface area contributed by atoms with E-state index in [2.05, 4.69) is 20.9 Å². The monoisotopic (exact) mass is 370 g/mol. The Morgan fingerprint density at radius 3 is 2.52 bits per heavy atom. The van der Waals surface area contributed by atoms with Crippen molar-refractivity contribution in [2.45, 2.75) is 38.0 Å². The molecule has 1 aromatic heterocycles. The third-order valence-corrected chi connectivity index (χ3v) is 4.68. The van der Waals surface area contributed by atoms with Gasteiger partial charge in [-0.2, -0.15) is 13.2 Å². The number of halogens is 3. The Morgan fingerprint density at radius 2 is 1.96 bits per heavy atom. The van der Waals surface area contributed by atoms with Gasteiger partial charge in [0.05, 0.1) is 12.2 Å². The van der Waals surface area contributed by atoms with Gasteiger partial charge in [-0.25, -0.2) is 9.78 Å². The number of nitrogens with one attached hydrogen (secondary N) is 3. The highest BCUT2D eigenvalue weighted by Gasteiger charge is 2.33. The van der Waals surface area contributed by atoms with E-state index >= 15 is 0 Å². The molecule has 1 unspecified atom stereocenters. The zero-order valence-corrected chi connectivity index (χ0v) is 14.2. The predicted octanol–water partition coefficient (Wildman–Crippen LogP) is 4.62. The first-order valence-corrected chi connectivity index (χ1v) is 8.60. The van der Waals surface area contributed by atoms with Crippen molar-refractivity contribution in [2.24, 2.45) is 0 Å². The largest absolute Gasteiger partial charge is 0.427 e. The molecular weight excluding hydrogens is 353 g/mol. The van der Waals surface area contributed by atoms with Crippen molar-refractivity contribution < 1.29 is 18.0 Å². The van der Waals surface area contributed by atoms with E-state index in [1.165, 1.54) is 0 Å². The van der Waals surface area contributed by atoms with Gasteiger partial charge < -0.3 is 16.0 Å². The average Bonchev–Trinajstić information content (AvgIpc) is 3.21. The molecule has 3 N–H and O–H groups in total. The molecule has 3 rings (SSSR count). The zero-order chi connectivity index (χ0) is 18.0. The van der Waals surface area contributed by atoms with E-state index in [1.54, 1.807) is 12.1 Å². The molecule has 0 saturated heterocycles. The fraction of sp³-hybridized carbons (Fsp3) is 0.375. The number of hydrogen-bond acceptors (Lipinski definition) is 4. The van der Waals surface area contributed by atoms with Gasteiger partial charge in [0.25, 0.3) is 0 Å². The number of urea groups is 1. The summed E-state index contributed by atoms with van der Waals surface area (Å²) in [5.41, 5.74) is 1.53. The number of hydrogen-bond donors (Lipinski definition) is 3. The van der Waals surface area contributed by atoms with Crippen LogP contribution in [0.1, 0.15) is 36.2 Å². The summed E-state index contributed by atoms with van der Waals surface area (Å²) in [6, 6.07) is 6.95. The van der Waals surface area contributed by atoms with Crippen molar-refractivity contribution in [3.8, 4) is 0 Å². The number of rotatable bonds is 5. The summed E-state index contributed by atoms with van der Waals surface area (Å²) < 4.78 is 37.8. The first kappa shape index (κ1) is 17.5. The van der Waals surface area contributed by atoms with Crippen LogP contribution < -0.4 is 16.0 Å². The Hall–Kier alpha value is -2.29. The first-order valence-electron chi connectivity index (χ1n) is 7.78. The van der Waals surface area contributed by atoms with Crippen LogP contribution in [0.25, 0.3) is 0 Å². The van der Waals surface area contributed by atoms with Gasteiger partial charge in [0.2, 0.25) is 0 Å². The molecule has 2 aromatic rings. The minimum absolute atomic E-state index is 0.214. The number of amides is 2. The van der Waals surface area contributed by atoms with Crippen LogP contribution in [0.3, 0.4) is 0 Å². The summed E-state index contributed by atoms with van der Waals surface area (Å²) >= 11 is 0.573. The zero-order valence-electron chi connectivity index (χ0n) is 13.4. The summed E-state index contributed by atoms with van der Waals surface area (Å²) in [6.45, 7) is 1.83.